The van der Waals surface area contributed by atoms with Gasteiger partial charge in [0.2, 0.25) is 11.8 Å². The second-order valence-corrected chi connectivity index (χ2v) is 9.68. The first-order valence-electron chi connectivity index (χ1n) is 11.2. The van der Waals surface area contributed by atoms with Gasteiger partial charge in [0.1, 0.15) is 11.5 Å². The number of phenolic OH excluding ortho intramolecular Hbond substituents is 2. The Labute approximate surface area is 249 Å². The van der Waals surface area contributed by atoms with Crippen LogP contribution in [-0.4, -0.2) is 34.5 Å². The number of nitrogens with zero attached hydrogens (tertiary/aromatic N) is 2. The van der Waals surface area contributed by atoms with Gasteiger partial charge in [0.25, 0.3) is 0 Å². The van der Waals surface area contributed by atoms with Gasteiger partial charge in [-0.3, -0.25) is 19.6 Å². The molecule has 6 N–H and O–H groups in total. The van der Waals surface area contributed by atoms with Crippen LogP contribution < -0.4 is 11.5 Å². The van der Waals surface area contributed by atoms with Crippen LogP contribution in [0.3, 0.4) is 0 Å². The Morgan fingerprint density at radius 2 is 0.925 bits per heavy atom. The molecule has 12 heteroatoms. The third kappa shape index (κ3) is 8.46. The molecule has 4 aromatic carbocycles. The minimum absolute atomic E-state index is 0.0893. The topological polar surface area (TPSA) is 151 Å². The van der Waals surface area contributed by atoms with E-state index in [4.69, 9.17) is 57.9 Å². The number of aliphatic imine (C=N–C) groups is 2. The molecular weight excluding hydrogens is 598 g/mol. The molecule has 0 aromatic heterocycles. The lowest BCUT2D eigenvalue weighted by Crippen LogP contribution is -2.10. The Morgan fingerprint density at radius 3 is 1.23 bits per heavy atom. The van der Waals surface area contributed by atoms with Crippen LogP contribution in [0.4, 0.5) is 11.4 Å². The maximum absolute atomic E-state index is 10.9. The number of benzene rings is 4. The highest BCUT2D eigenvalue weighted by Crippen LogP contribution is 2.31. The molecule has 0 atom stereocenters. The molecule has 4 aromatic rings. The second kappa shape index (κ2) is 13.8. The fourth-order valence-electron chi connectivity index (χ4n) is 3.08. The van der Waals surface area contributed by atoms with Crippen molar-refractivity contribution in [2.24, 2.45) is 21.5 Å². The van der Waals surface area contributed by atoms with Crippen LogP contribution in [0.15, 0.2) is 82.8 Å². The highest BCUT2D eigenvalue weighted by molar-refractivity contribution is 6.36. The summed E-state index contributed by atoms with van der Waals surface area (Å²) < 4.78 is 0. The number of carbonyl (C=O) groups is 2. The molecule has 2 amide bonds. The first-order valence-corrected chi connectivity index (χ1v) is 12.7. The molecule has 0 heterocycles. The second-order valence-electron chi connectivity index (χ2n) is 7.99. The molecule has 40 heavy (non-hydrogen) atoms. The summed E-state index contributed by atoms with van der Waals surface area (Å²) >= 11 is 23.3. The Kier molecular flexibility index (Phi) is 10.5. The summed E-state index contributed by atoms with van der Waals surface area (Å²) in [5.74, 6) is -1.18. The maximum atomic E-state index is 10.9. The van der Waals surface area contributed by atoms with Crippen molar-refractivity contribution < 1.29 is 19.8 Å². The zero-order valence-corrected chi connectivity index (χ0v) is 23.4. The van der Waals surface area contributed by atoms with Crippen LogP contribution >= 0.6 is 46.4 Å². The maximum Gasteiger partial charge on any atom is 0.248 e. The van der Waals surface area contributed by atoms with E-state index in [-0.39, 0.29) is 21.5 Å². The number of hydrogen-bond donors (Lipinski definition) is 4. The van der Waals surface area contributed by atoms with Crippen LogP contribution in [-0.2, 0) is 0 Å². The molecule has 0 saturated heterocycles. The lowest BCUT2D eigenvalue weighted by atomic mass is 10.2. The number of halogens is 4. The van der Waals surface area contributed by atoms with Crippen molar-refractivity contribution >= 4 is 82.0 Å². The van der Waals surface area contributed by atoms with Crippen molar-refractivity contribution in [2.45, 2.75) is 0 Å². The van der Waals surface area contributed by atoms with E-state index in [1.165, 1.54) is 24.6 Å². The SMILES string of the molecule is NC(=O)c1ccc(N=Cc2cc(Cl)cc(Cl)c2O)cc1.NC(=O)c1ccc(N=Cc2cc(Cl)cc(Cl)c2O)cc1. The van der Waals surface area contributed by atoms with Gasteiger partial charge in [0, 0.05) is 44.7 Å². The van der Waals surface area contributed by atoms with E-state index in [2.05, 4.69) is 9.98 Å². The molecule has 0 aliphatic heterocycles. The van der Waals surface area contributed by atoms with Gasteiger partial charge in [-0.25, -0.2) is 0 Å². The molecule has 0 fully saturated rings. The molecule has 4 rings (SSSR count). The summed E-state index contributed by atoms with van der Waals surface area (Å²) in [5, 5.41) is 20.7. The van der Waals surface area contributed by atoms with Crippen LogP contribution in [0, 0.1) is 0 Å². The van der Waals surface area contributed by atoms with Crippen molar-refractivity contribution in [1.82, 2.24) is 0 Å². The zero-order chi connectivity index (χ0) is 29.4. The highest BCUT2D eigenvalue weighted by Gasteiger charge is 2.07. The summed E-state index contributed by atoms with van der Waals surface area (Å²) in [7, 11) is 0. The number of carbonyl (C=O) groups excluding carboxylic acids is 2. The first-order chi connectivity index (χ1) is 18.9. The van der Waals surface area contributed by atoms with E-state index < -0.39 is 11.8 Å². The zero-order valence-electron chi connectivity index (χ0n) is 20.4. The van der Waals surface area contributed by atoms with Crippen molar-refractivity contribution in [3.63, 3.8) is 0 Å². The van der Waals surface area contributed by atoms with Crippen molar-refractivity contribution in [1.29, 1.82) is 0 Å². The average molecular weight is 618 g/mol. The molecule has 0 bridgehead atoms. The Morgan fingerprint density at radius 1 is 0.600 bits per heavy atom. The van der Waals surface area contributed by atoms with E-state index in [0.29, 0.717) is 43.7 Å². The van der Waals surface area contributed by atoms with E-state index >= 15 is 0 Å². The quantitative estimate of drug-likeness (QED) is 0.171. The molecule has 0 saturated carbocycles. The number of phenols is 2. The molecule has 0 unspecified atom stereocenters. The standard InChI is InChI=1S/2C14H10Cl2N2O2/c2*15-10-5-9(13(19)12(16)6-10)7-18-11-3-1-8(2-4-11)14(17)20/h2*1-7,19H,(H2,17,20). The number of rotatable bonds is 6. The third-order valence-corrected chi connectivity index (χ3v) is 6.14. The van der Waals surface area contributed by atoms with E-state index in [1.54, 1.807) is 60.7 Å². The number of nitrogens with two attached hydrogens (primary N) is 2. The molecule has 8 nitrogen and oxygen atoms in total. The normalized spacial score (nSPS) is 10.9. The van der Waals surface area contributed by atoms with Gasteiger partial charge < -0.3 is 21.7 Å². The highest BCUT2D eigenvalue weighted by atomic mass is 35.5. The summed E-state index contributed by atoms with van der Waals surface area (Å²) in [4.78, 5) is 30.2. The van der Waals surface area contributed by atoms with Gasteiger partial charge in [-0.15, -0.1) is 0 Å². The van der Waals surface area contributed by atoms with E-state index in [0.717, 1.165) is 0 Å². The largest absolute Gasteiger partial charge is 0.506 e. The monoisotopic (exact) mass is 616 g/mol. The number of aromatic hydroxyl groups is 2. The number of hydrogen-bond acceptors (Lipinski definition) is 6. The fourth-order valence-corrected chi connectivity index (χ4v) is 4.10. The summed E-state index contributed by atoms with van der Waals surface area (Å²) in [6, 6.07) is 18.8. The molecule has 0 aliphatic carbocycles. The summed E-state index contributed by atoms with van der Waals surface area (Å²) in [6.07, 6.45) is 2.87. The average Bonchev–Trinajstić information content (AvgIpc) is 2.92. The van der Waals surface area contributed by atoms with Gasteiger partial charge in [-0.2, -0.15) is 0 Å². The van der Waals surface area contributed by atoms with Crippen LogP contribution in [0.2, 0.25) is 20.1 Å². The minimum Gasteiger partial charge on any atom is -0.506 e. The van der Waals surface area contributed by atoms with Crippen LogP contribution in [0.1, 0.15) is 31.8 Å². The summed E-state index contributed by atoms with van der Waals surface area (Å²) in [6.45, 7) is 0. The van der Waals surface area contributed by atoms with Crippen molar-refractivity contribution in [2.75, 3.05) is 0 Å². The Balaban J connectivity index is 0.000000220. The van der Waals surface area contributed by atoms with E-state index in [9.17, 15) is 19.8 Å². The first kappa shape index (κ1) is 30.5. The van der Waals surface area contributed by atoms with Crippen molar-refractivity contribution in [3.8, 4) is 11.5 Å². The van der Waals surface area contributed by atoms with Gasteiger partial charge >= 0.3 is 0 Å². The smallest absolute Gasteiger partial charge is 0.248 e. The lowest BCUT2D eigenvalue weighted by Gasteiger charge is -2.02. The molecule has 0 aliphatic rings. The summed E-state index contributed by atoms with van der Waals surface area (Å²) in [5.41, 5.74) is 13.1. The Hall–Kier alpha value is -4.08. The third-order valence-electron chi connectivity index (χ3n) is 5.12. The van der Waals surface area contributed by atoms with E-state index in [1.807, 2.05) is 0 Å². The molecule has 204 valence electrons. The molecule has 0 radical (unpaired) electrons. The van der Waals surface area contributed by atoms with Crippen LogP contribution in [0.25, 0.3) is 0 Å². The number of amides is 2. The van der Waals surface area contributed by atoms with Gasteiger partial charge in [-0.05, 0) is 72.8 Å². The van der Waals surface area contributed by atoms with Gasteiger partial charge in [-0.1, -0.05) is 46.4 Å². The predicted octanol–water partition coefficient (Wildman–Crippen LogP) is 7.10. The number of primary amides is 2. The van der Waals surface area contributed by atoms with Gasteiger partial charge in [0.05, 0.1) is 21.4 Å². The van der Waals surface area contributed by atoms with Crippen LogP contribution in [0.5, 0.6) is 11.5 Å². The lowest BCUT2D eigenvalue weighted by molar-refractivity contribution is 0.0992. The molecular formula is C28H20Cl4N4O4. The van der Waals surface area contributed by atoms with Crippen molar-refractivity contribution in [3.05, 3.63) is 115 Å². The van der Waals surface area contributed by atoms with Gasteiger partial charge in [0.15, 0.2) is 0 Å². The molecule has 0 spiro atoms. The fraction of sp³-hybridized carbons (Fsp3) is 0. The Bertz CT molecular complexity index is 1490. The predicted molar refractivity (Wildman–Crippen MR) is 161 cm³/mol. The minimum atomic E-state index is -0.500.